The van der Waals surface area contributed by atoms with Crippen molar-refractivity contribution in [2.45, 2.75) is 6.54 Å². The van der Waals surface area contributed by atoms with Gasteiger partial charge in [0, 0.05) is 16.8 Å². The van der Waals surface area contributed by atoms with Gasteiger partial charge < -0.3 is 14.7 Å². The Labute approximate surface area is 199 Å². The van der Waals surface area contributed by atoms with E-state index in [9.17, 15) is 14.4 Å². The average molecular weight is 462 g/mol. The molecule has 2 N–H and O–H groups in total. The molecule has 0 aliphatic carbocycles. The highest BCUT2D eigenvalue weighted by Crippen LogP contribution is 2.27. The van der Waals surface area contributed by atoms with Gasteiger partial charge in [-0.15, -0.1) is 0 Å². The number of para-hydroxylation sites is 2. The molecule has 8 nitrogen and oxygen atoms in total. The predicted octanol–water partition coefficient (Wildman–Crippen LogP) is 4.87. The second-order valence-electron chi connectivity index (χ2n) is 8.17. The molecule has 0 saturated carbocycles. The molecular formula is C27H18N4O4. The molecule has 0 fully saturated rings. The minimum atomic E-state index is -0.453. The molecule has 3 amide bonds. The number of aromatic amines is 1. The highest BCUT2D eigenvalue weighted by atomic mass is 16.3. The number of hydrogen-bond acceptors (Lipinski definition) is 5. The van der Waals surface area contributed by atoms with E-state index in [2.05, 4.69) is 15.3 Å². The average Bonchev–Trinajstić information content (AvgIpc) is 3.60. The molecule has 5 aromatic rings. The number of hydrogen-bond donors (Lipinski definition) is 2. The number of nitrogens with zero attached hydrogens (tertiary/aromatic N) is 2. The maximum absolute atomic E-state index is 12.9. The number of anilines is 1. The molecule has 35 heavy (non-hydrogen) atoms. The van der Waals surface area contributed by atoms with Gasteiger partial charge in [-0.3, -0.25) is 19.3 Å². The van der Waals surface area contributed by atoms with E-state index in [0.29, 0.717) is 11.4 Å². The highest BCUT2D eigenvalue weighted by Gasteiger charge is 2.36. The monoisotopic (exact) mass is 462 g/mol. The number of amides is 3. The quantitative estimate of drug-likeness (QED) is 0.362. The molecule has 0 radical (unpaired) electrons. The largest absolute Gasteiger partial charge is 0.467 e. The molecular weight excluding hydrogens is 444 g/mol. The summed E-state index contributed by atoms with van der Waals surface area (Å²) in [5.41, 5.74) is 4.07. The summed E-state index contributed by atoms with van der Waals surface area (Å²) in [6.45, 7) is 0.0401. The first-order valence-corrected chi connectivity index (χ1v) is 11.0. The minimum Gasteiger partial charge on any atom is -0.467 e. The van der Waals surface area contributed by atoms with Crippen LogP contribution >= 0.6 is 0 Å². The van der Waals surface area contributed by atoms with E-state index in [1.54, 1.807) is 30.3 Å². The maximum atomic E-state index is 12.9. The smallest absolute Gasteiger partial charge is 0.261 e. The number of rotatable bonds is 5. The Balaban J connectivity index is 1.19. The molecule has 1 aliphatic rings. The summed E-state index contributed by atoms with van der Waals surface area (Å²) in [5.74, 6) is 0.00309. The molecule has 3 heterocycles. The fourth-order valence-electron chi connectivity index (χ4n) is 4.14. The second kappa shape index (κ2) is 8.11. The van der Waals surface area contributed by atoms with Crippen molar-refractivity contribution in [3.05, 3.63) is 108 Å². The number of imidazole rings is 1. The van der Waals surface area contributed by atoms with E-state index in [0.717, 1.165) is 27.3 Å². The van der Waals surface area contributed by atoms with Crippen molar-refractivity contribution in [1.82, 2.24) is 14.9 Å². The zero-order valence-corrected chi connectivity index (χ0v) is 18.3. The molecule has 1 aliphatic heterocycles. The third-order valence-corrected chi connectivity index (χ3v) is 5.93. The highest BCUT2D eigenvalue weighted by molar-refractivity contribution is 6.22. The number of fused-ring (bicyclic) bond motifs is 2. The van der Waals surface area contributed by atoms with Gasteiger partial charge >= 0.3 is 0 Å². The predicted molar refractivity (Wildman–Crippen MR) is 129 cm³/mol. The van der Waals surface area contributed by atoms with Crippen LogP contribution in [0.25, 0.3) is 22.4 Å². The van der Waals surface area contributed by atoms with Gasteiger partial charge in [0.05, 0.1) is 35.0 Å². The van der Waals surface area contributed by atoms with Crippen molar-refractivity contribution in [3.8, 4) is 11.4 Å². The van der Waals surface area contributed by atoms with Crippen molar-refractivity contribution >= 4 is 34.4 Å². The van der Waals surface area contributed by atoms with E-state index in [1.807, 2.05) is 36.4 Å². The van der Waals surface area contributed by atoms with E-state index < -0.39 is 11.8 Å². The Hall–Kier alpha value is -4.98. The van der Waals surface area contributed by atoms with Crippen LogP contribution in [0.3, 0.4) is 0 Å². The van der Waals surface area contributed by atoms with Crippen LogP contribution in [0.2, 0.25) is 0 Å². The van der Waals surface area contributed by atoms with Crippen molar-refractivity contribution in [3.63, 3.8) is 0 Å². The summed E-state index contributed by atoms with van der Waals surface area (Å²) < 4.78 is 5.26. The molecule has 170 valence electrons. The molecule has 3 aromatic carbocycles. The lowest BCUT2D eigenvalue weighted by Crippen LogP contribution is -2.28. The zero-order chi connectivity index (χ0) is 23.9. The fraction of sp³-hybridized carbons (Fsp3) is 0.0370. The molecule has 0 unspecified atom stereocenters. The first-order chi connectivity index (χ1) is 17.1. The first-order valence-electron chi connectivity index (χ1n) is 11.0. The Bertz CT molecular complexity index is 1570. The number of carbonyl (C=O) groups excluding carboxylic acids is 3. The zero-order valence-electron chi connectivity index (χ0n) is 18.3. The van der Waals surface area contributed by atoms with Crippen LogP contribution in [0.4, 0.5) is 5.69 Å². The number of benzene rings is 3. The number of nitrogens with one attached hydrogen (secondary N) is 2. The summed E-state index contributed by atoms with van der Waals surface area (Å²) >= 11 is 0. The van der Waals surface area contributed by atoms with Crippen LogP contribution in [0, 0.1) is 0 Å². The Kier molecular flexibility index (Phi) is 4.77. The van der Waals surface area contributed by atoms with Crippen molar-refractivity contribution in [1.29, 1.82) is 0 Å². The third kappa shape index (κ3) is 3.67. The minimum absolute atomic E-state index is 0.0401. The van der Waals surface area contributed by atoms with Gasteiger partial charge in [0.25, 0.3) is 17.7 Å². The fourth-order valence-corrected chi connectivity index (χ4v) is 4.14. The first kappa shape index (κ1) is 20.6. The van der Waals surface area contributed by atoms with Crippen LogP contribution < -0.4 is 5.32 Å². The Morgan fingerprint density at radius 1 is 0.914 bits per heavy atom. The Morgan fingerprint density at radius 2 is 1.71 bits per heavy atom. The van der Waals surface area contributed by atoms with Crippen LogP contribution in [-0.2, 0) is 6.54 Å². The standard InChI is InChI=1S/C27H18N4O4/c32-25(28-18-10-7-16(8-11-18)24-29-22-5-1-2-6-23(22)30-24)17-9-12-20-21(14-17)27(34)31(26(20)33)15-19-4-3-13-35-19/h1-14H,15H2,(H,28,32)(H,29,30). The maximum Gasteiger partial charge on any atom is 0.261 e. The number of carbonyl (C=O) groups is 3. The van der Waals surface area contributed by atoms with Crippen LogP contribution in [0.15, 0.2) is 89.5 Å². The lowest BCUT2D eigenvalue weighted by molar-refractivity contribution is 0.0631. The van der Waals surface area contributed by atoms with Gasteiger partial charge in [0.2, 0.25) is 0 Å². The summed E-state index contributed by atoms with van der Waals surface area (Å²) in [6, 6.07) is 23.0. The topological polar surface area (TPSA) is 108 Å². The summed E-state index contributed by atoms with van der Waals surface area (Å²) in [4.78, 5) is 47.3. The number of H-pyrrole nitrogens is 1. The summed E-state index contributed by atoms with van der Waals surface area (Å²) in [7, 11) is 0. The van der Waals surface area contributed by atoms with Crippen LogP contribution in [0.1, 0.15) is 36.8 Å². The van der Waals surface area contributed by atoms with Gasteiger partial charge in [-0.25, -0.2) is 4.98 Å². The molecule has 6 rings (SSSR count). The van der Waals surface area contributed by atoms with Gasteiger partial charge in [-0.2, -0.15) is 0 Å². The number of furan rings is 1. The number of aromatic nitrogens is 2. The van der Waals surface area contributed by atoms with Gasteiger partial charge in [-0.1, -0.05) is 12.1 Å². The normalized spacial score (nSPS) is 12.9. The molecule has 2 aromatic heterocycles. The second-order valence-corrected chi connectivity index (χ2v) is 8.17. The van der Waals surface area contributed by atoms with E-state index >= 15 is 0 Å². The molecule has 0 atom stereocenters. The molecule has 8 heteroatoms. The van der Waals surface area contributed by atoms with Crippen LogP contribution in [0.5, 0.6) is 0 Å². The van der Waals surface area contributed by atoms with Gasteiger partial charge in [-0.05, 0) is 66.7 Å². The Morgan fingerprint density at radius 3 is 2.49 bits per heavy atom. The van der Waals surface area contributed by atoms with Gasteiger partial charge in [0.15, 0.2) is 0 Å². The molecule has 0 spiro atoms. The lowest BCUT2D eigenvalue weighted by atomic mass is 10.1. The molecule has 0 bridgehead atoms. The summed E-state index contributed by atoms with van der Waals surface area (Å²) in [6.07, 6.45) is 1.49. The van der Waals surface area contributed by atoms with E-state index in [-0.39, 0.29) is 29.1 Å². The van der Waals surface area contributed by atoms with Crippen molar-refractivity contribution in [2.75, 3.05) is 5.32 Å². The van der Waals surface area contributed by atoms with Crippen LogP contribution in [-0.4, -0.2) is 32.6 Å². The summed E-state index contributed by atoms with van der Waals surface area (Å²) in [5, 5.41) is 2.83. The number of imide groups is 1. The van der Waals surface area contributed by atoms with Gasteiger partial charge in [0.1, 0.15) is 11.6 Å². The third-order valence-electron chi connectivity index (χ3n) is 5.93. The van der Waals surface area contributed by atoms with E-state index in [1.165, 1.54) is 18.4 Å². The van der Waals surface area contributed by atoms with E-state index in [4.69, 9.17) is 4.42 Å². The van der Waals surface area contributed by atoms with Crippen molar-refractivity contribution in [2.24, 2.45) is 0 Å². The lowest BCUT2D eigenvalue weighted by Gasteiger charge is -2.11. The molecule has 0 saturated heterocycles. The van der Waals surface area contributed by atoms with Crippen molar-refractivity contribution < 1.29 is 18.8 Å². The SMILES string of the molecule is O=C(Nc1ccc(-c2nc3ccccc3[nH]2)cc1)c1ccc2c(c1)C(=O)N(Cc1ccco1)C2=O.